The van der Waals surface area contributed by atoms with Crippen molar-refractivity contribution in [3.63, 3.8) is 0 Å². The molecule has 0 radical (unpaired) electrons. The Morgan fingerprint density at radius 2 is 1.73 bits per heavy atom. The van der Waals surface area contributed by atoms with Crippen molar-refractivity contribution in [1.82, 2.24) is 10.6 Å². The fourth-order valence-corrected chi connectivity index (χ4v) is 1.62. The second-order valence-corrected chi connectivity index (χ2v) is 4.85. The van der Waals surface area contributed by atoms with Crippen LogP contribution in [0.3, 0.4) is 0 Å². The summed E-state index contributed by atoms with van der Waals surface area (Å²) in [6, 6.07) is 0. The second-order valence-electron chi connectivity index (χ2n) is 4.85. The van der Waals surface area contributed by atoms with E-state index in [4.69, 9.17) is 0 Å². The molecular weight excluding hydrogens is 205 g/mol. The van der Waals surface area contributed by atoms with Crippen molar-refractivity contribution in [3.8, 4) is 0 Å². The van der Waals surface area contributed by atoms with Gasteiger partial charge < -0.3 is 10.6 Å². The number of halogens is 3. The molecule has 1 aliphatic carbocycles. The molecule has 0 heterocycles. The van der Waals surface area contributed by atoms with Crippen molar-refractivity contribution in [2.24, 2.45) is 0 Å². The number of hydrogen-bond acceptors (Lipinski definition) is 2. The van der Waals surface area contributed by atoms with E-state index in [1.807, 2.05) is 20.8 Å². The third kappa shape index (κ3) is 3.08. The van der Waals surface area contributed by atoms with Gasteiger partial charge in [-0.3, -0.25) is 0 Å². The van der Waals surface area contributed by atoms with Crippen LogP contribution in [0.15, 0.2) is 0 Å². The van der Waals surface area contributed by atoms with Crippen molar-refractivity contribution in [3.05, 3.63) is 0 Å². The van der Waals surface area contributed by atoms with E-state index < -0.39 is 11.7 Å². The maximum Gasteiger partial charge on any atom is 0.406 e. The molecule has 0 aromatic heterocycles. The van der Waals surface area contributed by atoms with E-state index in [2.05, 4.69) is 10.6 Å². The Morgan fingerprint density at radius 1 is 1.20 bits per heavy atom. The average molecular weight is 224 g/mol. The van der Waals surface area contributed by atoms with Gasteiger partial charge in [-0.05, 0) is 33.2 Å². The Hall–Kier alpha value is -0.290. The Morgan fingerprint density at radius 3 is 2.07 bits per heavy atom. The number of likely N-dealkylation sites (N-methyl/N-ethyl adjacent to an activating group) is 1. The van der Waals surface area contributed by atoms with Crippen LogP contribution in [0.1, 0.15) is 33.6 Å². The van der Waals surface area contributed by atoms with Crippen LogP contribution < -0.4 is 10.6 Å². The predicted octanol–water partition coefficient (Wildman–Crippen LogP) is 2.06. The first-order valence-corrected chi connectivity index (χ1v) is 5.29. The highest BCUT2D eigenvalue weighted by molar-refractivity contribution is 5.08. The predicted molar refractivity (Wildman–Crippen MR) is 53.8 cm³/mol. The van der Waals surface area contributed by atoms with Crippen LogP contribution in [0, 0.1) is 0 Å². The molecule has 0 spiro atoms. The first-order chi connectivity index (χ1) is 6.72. The molecule has 0 saturated heterocycles. The van der Waals surface area contributed by atoms with Crippen molar-refractivity contribution in [1.29, 1.82) is 0 Å². The molecule has 1 aliphatic rings. The van der Waals surface area contributed by atoms with Gasteiger partial charge in [-0.25, -0.2) is 0 Å². The van der Waals surface area contributed by atoms with E-state index >= 15 is 0 Å². The van der Waals surface area contributed by atoms with Gasteiger partial charge in [0.1, 0.15) is 5.54 Å². The summed E-state index contributed by atoms with van der Waals surface area (Å²) in [5, 5.41) is 5.79. The molecule has 0 aromatic carbocycles. The highest BCUT2D eigenvalue weighted by Gasteiger charge is 2.63. The zero-order chi connectivity index (χ0) is 11.7. The minimum Gasteiger partial charge on any atom is -0.311 e. The van der Waals surface area contributed by atoms with Crippen LogP contribution in [0.4, 0.5) is 13.2 Å². The van der Waals surface area contributed by atoms with Gasteiger partial charge in [-0.15, -0.1) is 0 Å². The van der Waals surface area contributed by atoms with Crippen molar-refractivity contribution in [2.75, 3.05) is 13.1 Å². The van der Waals surface area contributed by atoms with Crippen LogP contribution in [-0.2, 0) is 0 Å². The van der Waals surface area contributed by atoms with Gasteiger partial charge in [-0.1, -0.05) is 6.92 Å². The average Bonchev–Trinajstić information content (AvgIpc) is 2.79. The van der Waals surface area contributed by atoms with E-state index in [-0.39, 0.29) is 18.4 Å². The summed E-state index contributed by atoms with van der Waals surface area (Å²) in [4.78, 5) is 0. The molecule has 0 atom stereocenters. The number of alkyl halides is 3. The smallest absolute Gasteiger partial charge is 0.311 e. The van der Waals surface area contributed by atoms with E-state index in [0.717, 1.165) is 6.54 Å². The zero-order valence-electron chi connectivity index (χ0n) is 9.46. The zero-order valence-corrected chi connectivity index (χ0v) is 9.46. The highest BCUT2D eigenvalue weighted by atomic mass is 19.4. The Balaban J connectivity index is 2.44. The lowest BCUT2D eigenvalue weighted by Gasteiger charge is -2.30. The fraction of sp³-hybridized carbons (Fsp3) is 1.00. The quantitative estimate of drug-likeness (QED) is 0.747. The SMILES string of the molecule is CCNC(C)(C)CNC1(C(F)(F)F)CC1. The van der Waals surface area contributed by atoms with Crippen LogP contribution in [0.5, 0.6) is 0 Å². The molecule has 15 heavy (non-hydrogen) atoms. The number of rotatable bonds is 5. The highest BCUT2D eigenvalue weighted by Crippen LogP contribution is 2.48. The molecule has 2 nitrogen and oxygen atoms in total. The summed E-state index contributed by atoms with van der Waals surface area (Å²) < 4.78 is 37.7. The molecule has 0 aliphatic heterocycles. The minimum atomic E-state index is -4.12. The molecule has 5 heteroatoms. The number of hydrogen-bond donors (Lipinski definition) is 2. The van der Waals surface area contributed by atoms with Crippen LogP contribution >= 0.6 is 0 Å². The second kappa shape index (κ2) is 3.94. The van der Waals surface area contributed by atoms with E-state index in [1.165, 1.54) is 0 Å². The Labute approximate surface area is 88.6 Å². The van der Waals surface area contributed by atoms with Gasteiger partial charge in [-0.2, -0.15) is 13.2 Å². The summed E-state index contributed by atoms with van der Waals surface area (Å²) in [6.45, 7) is 6.83. The van der Waals surface area contributed by atoms with Gasteiger partial charge in [0.25, 0.3) is 0 Å². The van der Waals surface area contributed by atoms with Crippen molar-refractivity contribution >= 4 is 0 Å². The standard InChI is InChI=1S/C10H19F3N2/c1-4-14-8(2,3)7-15-9(5-6-9)10(11,12)13/h14-15H,4-7H2,1-3H3. The molecule has 1 saturated carbocycles. The first kappa shape index (κ1) is 12.8. The Kier molecular flexibility index (Phi) is 3.36. The molecule has 2 N–H and O–H groups in total. The topological polar surface area (TPSA) is 24.1 Å². The van der Waals surface area contributed by atoms with E-state index in [1.54, 1.807) is 0 Å². The van der Waals surface area contributed by atoms with Crippen LogP contribution in [0.25, 0.3) is 0 Å². The summed E-state index contributed by atoms with van der Waals surface area (Å²) in [5.41, 5.74) is -1.89. The largest absolute Gasteiger partial charge is 0.406 e. The molecule has 0 aromatic rings. The molecule has 0 bridgehead atoms. The van der Waals surface area contributed by atoms with Gasteiger partial charge in [0, 0.05) is 12.1 Å². The number of nitrogens with one attached hydrogen (secondary N) is 2. The first-order valence-electron chi connectivity index (χ1n) is 5.29. The lowest BCUT2D eigenvalue weighted by molar-refractivity contribution is -0.166. The third-order valence-electron chi connectivity index (χ3n) is 2.82. The molecule has 0 unspecified atom stereocenters. The van der Waals surface area contributed by atoms with E-state index in [0.29, 0.717) is 6.54 Å². The van der Waals surface area contributed by atoms with E-state index in [9.17, 15) is 13.2 Å². The molecule has 0 amide bonds. The Bertz CT molecular complexity index is 219. The van der Waals surface area contributed by atoms with Crippen molar-refractivity contribution in [2.45, 2.75) is 50.9 Å². The summed E-state index contributed by atoms with van der Waals surface area (Å²) in [7, 11) is 0. The van der Waals surface area contributed by atoms with Gasteiger partial charge in [0.15, 0.2) is 0 Å². The minimum absolute atomic E-state index is 0.207. The lowest BCUT2D eigenvalue weighted by Crippen LogP contribution is -2.54. The molecule has 90 valence electrons. The van der Waals surface area contributed by atoms with Crippen LogP contribution in [-0.4, -0.2) is 30.3 Å². The monoisotopic (exact) mass is 224 g/mol. The lowest BCUT2D eigenvalue weighted by atomic mass is 10.0. The molecule has 1 fully saturated rings. The van der Waals surface area contributed by atoms with Gasteiger partial charge >= 0.3 is 6.18 Å². The van der Waals surface area contributed by atoms with Gasteiger partial charge in [0.2, 0.25) is 0 Å². The maximum absolute atomic E-state index is 12.6. The van der Waals surface area contributed by atoms with Gasteiger partial charge in [0.05, 0.1) is 0 Å². The fourth-order valence-electron chi connectivity index (χ4n) is 1.62. The normalized spacial score (nSPS) is 20.4. The summed E-state index contributed by atoms with van der Waals surface area (Å²) in [5.74, 6) is 0. The van der Waals surface area contributed by atoms with Crippen LogP contribution in [0.2, 0.25) is 0 Å². The third-order valence-corrected chi connectivity index (χ3v) is 2.82. The maximum atomic E-state index is 12.6. The molecule has 1 rings (SSSR count). The molecular formula is C10H19F3N2. The van der Waals surface area contributed by atoms with Crippen molar-refractivity contribution < 1.29 is 13.2 Å². The summed E-state index contributed by atoms with van der Waals surface area (Å²) in [6.07, 6.45) is -3.70. The summed E-state index contributed by atoms with van der Waals surface area (Å²) >= 11 is 0.